The standard InChI is InChI=1S/C25H45F2N3O2/c1-6-8-10-12-13-15-17-19-25(3,18-16-14-11-9-7-2)30-23(22(26)27)28-21(24(30)31)20-32-29(4)5/h20,28H,6-19H2,1-5H3. The Morgan fingerprint density at radius 1 is 0.938 bits per heavy atom. The second-order valence-corrected chi connectivity index (χ2v) is 9.36. The summed E-state index contributed by atoms with van der Waals surface area (Å²) in [7, 11) is 3.34. The lowest BCUT2D eigenvalue weighted by atomic mass is 9.87. The van der Waals surface area contributed by atoms with E-state index in [-0.39, 0.29) is 5.35 Å². The maximum atomic E-state index is 13.9. The number of halogens is 2. The van der Waals surface area contributed by atoms with Crippen LogP contribution in [0.25, 0.3) is 12.3 Å². The SMILES string of the molecule is CCCCCCCCCC(C)(CCCCCCC)n1c(=C(F)F)[nH]c(=CON(C)C)c1=O. The molecule has 0 saturated carbocycles. The topological polar surface area (TPSA) is 50.3 Å². The monoisotopic (exact) mass is 457 g/mol. The molecule has 0 aliphatic heterocycles. The molecule has 0 bridgehead atoms. The zero-order chi connectivity index (χ0) is 24.0. The molecule has 0 spiro atoms. The number of imidazole rings is 1. The first-order valence-corrected chi connectivity index (χ1v) is 12.5. The van der Waals surface area contributed by atoms with Gasteiger partial charge >= 0.3 is 6.08 Å². The third-order valence-electron chi connectivity index (χ3n) is 6.15. The highest BCUT2D eigenvalue weighted by molar-refractivity contribution is 5.20. The third kappa shape index (κ3) is 9.47. The molecule has 7 heteroatoms. The highest BCUT2D eigenvalue weighted by Gasteiger charge is 2.30. The predicted octanol–water partition coefficient (Wildman–Crippen LogP) is 5.63. The van der Waals surface area contributed by atoms with Crippen LogP contribution in [0.2, 0.25) is 0 Å². The summed E-state index contributed by atoms with van der Waals surface area (Å²) >= 11 is 0. The van der Waals surface area contributed by atoms with Crippen LogP contribution in [-0.2, 0) is 10.4 Å². The first-order valence-electron chi connectivity index (χ1n) is 12.5. The van der Waals surface area contributed by atoms with E-state index in [1.54, 1.807) is 14.1 Å². The quantitative estimate of drug-likeness (QED) is 0.244. The van der Waals surface area contributed by atoms with Crippen molar-refractivity contribution in [2.75, 3.05) is 14.1 Å². The van der Waals surface area contributed by atoms with E-state index in [1.165, 1.54) is 48.0 Å². The van der Waals surface area contributed by atoms with E-state index in [9.17, 15) is 13.6 Å². The van der Waals surface area contributed by atoms with Gasteiger partial charge in [-0.25, -0.2) is 0 Å². The van der Waals surface area contributed by atoms with E-state index in [0.717, 1.165) is 44.9 Å². The molecule has 1 heterocycles. The van der Waals surface area contributed by atoms with Crippen molar-refractivity contribution >= 4 is 12.3 Å². The fourth-order valence-electron chi connectivity index (χ4n) is 4.26. The second-order valence-electron chi connectivity index (χ2n) is 9.36. The van der Waals surface area contributed by atoms with Crippen molar-refractivity contribution in [1.29, 1.82) is 0 Å². The molecule has 0 radical (unpaired) electrons. The Labute approximate surface area is 192 Å². The van der Waals surface area contributed by atoms with E-state index in [2.05, 4.69) is 18.8 Å². The van der Waals surface area contributed by atoms with Gasteiger partial charge in [-0.2, -0.15) is 13.8 Å². The van der Waals surface area contributed by atoms with Crippen LogP contribution in [0.5, 0.6) is 0 Å². The number of hydrogen-bond acceptors (Lipinski definition) is 3. The zero-order valence-corrected chi connectivity index (χ0v) is 20.9. The molecule has 0 aliphatic rings. The molecule has 0 amide bonds. The number of nitrogens with one attached hydrogen (secondary N) is 1. The lowest BCUT2D eigenvalue weighted by molar-refractivity contribution is -0.0271. The van der Waals surface area contributed by atoms with E-state index in [1.807, 2.05) is 6.92 Å². The number of nitrogens with zero attached hydrogens (tertiary/aromatic N) is 2. The predicted molar refractivity (Wildman–Crippen MR) is 129 cm³/mol. The fourth-order valence-corrected chi connectivity index (χ4v) is 4.26. The summed E-state index contributed by atoms with van der Waals surface area (Å²) in [6, 6.07) is 0. The van der Waals surface area contributed by atoms with Crippen LogP contribution in [-0.4, -0.2) is 28.7 Å². The number of H-pyrrole nitrogens is 1. The summed E-state index contributed by atoms with van der Waals surface area (Å²) in [5.41, 5.74) is -1.51. The summed E-state index contributed by atoms with van der Waals surface area (Å²) in [5, 5.41) is 1.45. The van der Waals surface area contributed by atoms with Crippen molar-refractivity contribution in [3.8, 4) is 0 Å². The second kappa shape index (κ2) is 15.3. The van der Waals surface area contributed by atoms with Crippen LogP contribution >= 0.6 is 0 Å². The van der Waals surface area contributed by atoms with Gasteiger partial charge in [0.05, 0.1) is 0 Å². The number of hydroxylamine groups is 2. The van der Waals surface area contributed by atoms with E-state index >= 15 is 0 Å². The Hall–Kier alpha value is -1.63. The summed E-state index contributed by atoms with van der Waals surface area (Å²) in [6.07, 6.45) is 14.3. The summed E-state index contributed by atoms with van der Waals surface area (Å²) in [5.74, 6) is 0. The molecule has 1 rings (SSSR count). The number of unbranched alkanes of at least 4 members (excludes halogenated alkanes) is 10. The Balaban J connectivity index is 3.13. The molecular formula is C25H45F2N3O2. The summed E-state index contributed by atoms with van der Waals surface area (Å²) < 4.78 is 29.0. The lowest BCUT2D eigenvalue weighted by Gasteiger charge is -2.31. The van der Waals surface area contributed by atoms with Crippen molar-refractivity contribution < 1.29 is 13.6 Å². The summed E-state index contributed by atoms with van der Waals surface area (Å²) in [6.45, 7) is 6.33. The molecule has 1 N–H and O–H groups in total. The minimum atomic E-state index is -1.87. The van der Waals surface area contributed by atoms with Crippen LogP contribution in [0.4, 0.5) is 8.78 Å². The van der Waals surface area contributed by atoms with Gasteiger partial charge in [0.1, 0.15) is 11.6 Å². The molecule has 0 saturated heterocycles. The average molecular weight is 458 g/mol. The number of aromatic amines is 1. The van der Waals surface area contributed by atoms with E-state index in [4.69, 9.17) is 4.84 Å². The van der Waals surface area contributed by atoms with Gasteiger partial charge in [-0.05, 0) is 19.8 Å². The summed E-state index contributed by atoms with van der Waals surface area (Å²) in [4.78, 5) is 21.0. The molecule has 5 nitrogen and oxygen atoms in total. The Bertz CT molecular complexity index is 812. The van der Waals surface area contributed by atoms with Crippen LogP contribution in [0.3, 0.4) is 0 Å². The molecule has 1 atom stereocenters. The molecular weight excluding hydrogens is 412 g/mol. The van der Waals surface area contributed by atoms with Gasteiger partial charge in [0.15, 0.2) is 5.48 Å². The van der Waals surface area contributed by atoms with Gasteiger partial charge in [-0.1, -0.05) is 90.9 Å². The van der Waals surface area contributed by atoms with Crippen LogP contribution in [0, 0.1) is 0 Å². The van der Waals surface area contributed by atoms with Gasteiger partial charge in [-0.3, -0.25) is 9.36 Å². The Morgan fingerprint density at radius 2 is 1.41 bits per heavy atom. The Morgan fingerprint density at radius 3 is 1.84 bits per heavy atom. The first-order chi connectivity index (χ1) is 15.3. The number of aromatic nitrogens is 2. The van der Waals surface area contributed by atoms with Gasteiger partial charge < -0.3 is 9.82 Å². The average Bonchev–Trinajstić information content (AvgIpc) is 3.08. The maximum Gasteiger partial charge on any atom is 0.310 e. The minimum absolute atomic E-state index is 0.0401. The largest absolute Gasteiger partial charge is 0.412 e. The van der Waals surface area contributed by atoms with Crippen LogP contribution in [0.15, 0.2) is 4.79 Å². The van der Waals surface area contributed by atoms with Gasteiger partial charge in [-0.15, -0.1) is 0 Å². The number of rotatable bonds is 17. The van der Waals surface area contributed by atoms with Crippen molar-refractivity contribution in [3.05, 3.63) is 21.2 Å². The molecule has 186 valence electrons. The zero-order valence-electron chi connectivity index (χ0n) is 20.9. The first kappa shape index (κ1) is 28.4. The van der Waals surface area contributed by atoms with E-state index in [0.29, 0.717) is 12.8 Å². The minimum Gasteiger partial charge on any atom is -0.412 e. The van der Waals surface area contributed by atoms with Crippen LogP contribution in [0.1, 0.15) is 111 Å². The van der Waals surface area contributed by atoms with Gasteiger partial charge in [0.25, 0.3) is 5.56 Å². The smallest absolute Gasteiger partial charge is 0.310 e. The highest BCUT2D eigenvalue weighted by atomic mass is 19.3. The molecule has 0 aromatic carbocycles. The van der Waals surface area contributed by atoms with Crippen molar-refractivity contribution in [2.45, 2.75) is 116 Å². The van der Waals surface area contributed by atoms with Crippen molar-refractivity contribution in [3.63, 3.8) is 0 Å². The molecule has 32 heavy (non-hydrogen) atoms. The third-order valence-corrected chi connectivity index (χ3v) is 6.15. The number of hydrogen-bond donors (Lipinski definition) is 1. The van der Waals surface area contributed by atoms with Crippen LogP contribution < -0.4 is 16.4 Å². The lowest BCUT2D eigenvalue weighted by Crippen LogP contribution is -2.46. The molecule has 1 aromatic heterocycles. The molecule has 0 fully saturated rings. The Kier molecular flexibility index (Phi) is 13.5. The van der Waals surface area contributed by atoms with E-state index < -0.39 is 22.7 Å². The highest BCUT2D eigenvalue weighted by Crippen LogP contribution is 2.28. The molecule has 1 aromatic rings. The van der Waals surface area contributed by atoms with Crippen molar-refractivity contribution in [2.24, 2.45) is 0 Å². The molecule has 0 aliphatic carbocycles. The molecule has 1 unspecified atom stereocenters. The normalized spacial score (nSPS) is 14.2. The van der Waals surface area contributed by atoms with Gasteiger partial charge in [0.2, 0.25) is 0 Å². The fraction of sp³-hybridized carbons (Fsp3) is 0.800. The van der Waals surface area contributed by atoms with Crippen molar-refractivity contribution in [1.82, 2.24) is 14.6 Å². The van der Waals surface area contributed by atoms with Gasteiger partial charge in [0, 0.05) is 19.6 Å². The maximum absolute atomic E-state index is 13.9.